The molecule has 0 radical (unpaired) electrons. The van der Waals surface area contributed by atoms with Gasteiger partial charge >= 0.3 is 0 Å². The van der Waals surface area contributed by atoms with E-state index >= 15 is 0 Å². The second-order valence-corrected chi connectivity index (χ2v) is 8.06. The normalized spacial score (nSPS) is 22.0. The SMILES string of the molecule is CC1COCc2cc(Br)ccc21.NC1COCc2cc(Br)ccc21. The average Bonchev–Trinajstić information content (AvgIpc) is 2.55. The molecule has 3 nitrogen and oxygen atoms in total. The van der Waals surface area contributed by atoms with Crippen molar-refractivity contribution < 1.29 is 9.47 Å². The van der Waals surface area contributed by atoms with Gasteiger partial charge in [-0.15, -0.1) is 0 Å². The minimum absolute atomic E-state index is 0.0434. The van der Waals surface area contributed by atoms with Crippen LogP contribution in [0.4, 0.5) is 0 Å². The predicted molar refractivity (Wildman–Crippen MR) is 103 cm³/mol. The van der Waals surface area contributed by atoms with Gasteiger partial charge in [-0.3, -0.25) is 0 Å². The molecule has 0 aliphatic carbocycles. The van der Waals surface area contributed by atoms with Gasteiger partial charge in [0.25, 0.3) is 0 Å². The Hall–Kier alpha value is -0.720. The summed E-state index contributed by atoms with van der Waals surface area (Å²) in [5.74, 6) is 0.543. The van der Waals surface area contributed by atoms with E-state index in [0.717, 1.165) is 22.2 Å². The van der Waals surface area contributed by atoms with E-state index in [2.05, 4.69) is 69.1 Å². The highest BCUT2D eigenvalue weighted by Gasteiger charge is 2.17. The number of rotatable bonds is 0. The predicted octanol–water partition coefficient (Wildman–Crippen LogP) is 5.06. The number of benzene rings is 2. The second kappa shape index (κ2) is 8.11. The fourth-order valence-corrected chi connectivity index (χ4v) is 3.88. The van der Waals surface area contributed by atoms with E-state index in [9.17, 15) is 0 Å². The van der Waals surface area contributed by atoms with Gasteiger partial charge in [-0.2, -0.15) is 0 Å². The summed E-state index contributed by atoms with van der Waals surface area (Å²) in [6, 6.07) is 12.6. The highest BCUT2D eigenvalue weighted by Crippen LogP contribution is 2.28. The molecule has 2 heterocycles. The zero-order valence-corrected chi connectivity index (χ0v) is 16.8. The van der Waals surface area contributed by atoms with Crippen LogP contribution in [0.2, 0.25) is 0 Å². The van der Waals surface area contributed by atoms with Crippen molar-refractivity contribution in [3.05, 3.63) is 67.6 Å². The molecule has 2 aromatic carbocycles. The molecular formula is C19H21Br2NO2. The van der Waals surface area contributed by atoms with Gasteiger partial charge in [0.15, 0.2) is 0 Å². The Kier molecular flexibility index (Phi) is 6.11. The molecule has 0 amide bonds. The van der Waals surface area contributed by atoms with Crippen molar-refractivity contribution in [1.82, 2.24) is 0 Å². The molecular weight excluding hydrogens is 434 g/mol. The van der Waals surface area contributed by atoms with E-state index in [1.165, 1.54) is 22.3 Å². The number of nitrogens with two attached hydrogens (primary N) is 1. The van der Waals surface area contributed by atoms with Crippen molar-refractivity contribution in [1.29, 1.82) is 0 Å². The minimum atomic E-state index is 0.0434. The summed E-state index contributed by atoms with van der Waals surface area (Å²) in [5.41, 5.74) is 11.0. The molecule has 0 aromatic heterocycles. The number of hydrogen-bond donors (Lipinski definition) is 1. The monoisotopic (exact) mass is 453 g/mol. The first-order chi connectivity index (χ1) is 11.5. The Morgan fingerprint density at radius 1 is 0.875 bits per heavy atom. The molecule has 2 unspecified atom stereocenters. The van der Waals surface area contributed by atoms with E-state index < -0.39 is 0 Å². The number of hydrogen-bond acceptors (Lipinski definition) is 3. The second-order valence-electron chi connectivity index (χ2n) is 6.22. The molecule has 2 N–H and O–H groups in total. The standard InChI is InChI=1S/C10H11BrO.C9H10BrNO/c1-7-5-12-6-8-4-9(11)2-3-10(7)8;10-7-1-2-8-6(3-7)4-12-5-9(8)11/h2-4,7H,5-6H2,1H3;1-3,9H,4-5,11H2. The largest absolute Gasteiger partial charge is 0.376 e. The maximum absolute atomic E-state index is 5.86. The average molecular weight is 455 g/mol. The lowest BCUT2D eigenvalue weighted by molar-refractivity contribution is 0.0923. The summed E-state index contributed by atoms with van der Waals surface area (Å²) in [4.78, 5) is 0. The molecule has 0 saturated heterocycles. The summed E-state index contributed by atoms with van der Waals surface area (Å²) in [6.07, 6.45) is 0. The Morgan fingerprint density at radius 3 is 2.08 bits per heavy atom. The summed E-state index contributed by atoms with van der Waals surface area (Å²) >= 11 is 6.87. The van der Waals surface area contributed by atoms with E-state index in [-0.39, 0.29) is 6.04 Å². The van der Waals surface area contributed by atoms with Crippen LogP contribution >= 0.6 is 31.9 Å². The highest BCUT2D eigenvalue weighted by atomic mass is 79.9. The Bertz CT molecular complexity index is 659. The Balaban J connectivity index is 0.000000141. The first-order valence-corrected chi connectivity index (χ1v) is 9.61. The van der Waals surface area contributed by atoms with Gasteiger partial charge in [0.1, 0.15) is 0 Å². The van der Waals surface area contributed by atoms with Crippen LogP contribution in [0.15, 0.2) is 45.3 Å². The molecule has 128 valence electrons. The minimum Gasteiger partial charge on any atom is -0.376 e. The third-order valence-electron chi connectivity index (χ3n) is 4.32. The molecule has 4 rings (SSSR count). The summed E-state index contributed by atoms with van der Waals surface area (Å²) in [7, 11) is 0. The van der Waals surface area contributed by atoms with Crippen molar-refractivity contribution in [3.8, 4) is 0 Å². The van der Waals surface area contributed by atoms with Crippen LogP contribution in [0.25, 0.3) is 0 Å². The van der Waals surface area contributed by atoms with Crippen LogP contribution in [0.1, 0.15) is 41.1 Å². The topological polar surface area (TPSA) is 44.5 Å². The molecule has 5 heteroatoms. The van der Waals surface area contributed by atoms with Crippen molar-refractivity contribution in [2.75, 3.05) is 13.2 Å². The fraction of sp³-hybridized carbons (Fsp3) is 0.368. The Labute approximate surface area is 159 Å². The van der Waals surface area contributed by atoms with E-state index in [1.807, 2.05) is 6.07 Å². The fourth-order valence-electron chi connectivity index (χ4n) is 3.06. The third kappa shape index (κ3) is 4.27. The van der Waals surface area contributed by atoms with E-state index in [4.69, 9.17) is 15.2 Å². The van der Waals surface area contributed by atoms with Gasteiger partial charge in [-0.25, -0.2) is 0 Å². The number of fused-ring (bicyclic) bond motifs is 2. The summed E-state index contributed by atoms with van der Waals surface area (Å²) < 4.78 is 13.0. The van der Waals surface area contributed by atoms with Crippen LogP contribution in [0.3, 0.4) is 0 Å². The molecule has 0 spiro atoms. The van der Waals surface area contributed by atoms with Crippen molar-refractivity contribution in [2.45, 2.75) is 32.1 Å². The van der Waals surface area contributed by atoms with Gasteiger partial charge in [0.2, 0.25) is 0 Å². The zero-order valence-electron chi connectivity index (χ0n) is 13.6. The van der Waals surface area contributed by atoms with Crippen LogP contribution in [-0.2, 0) is 22.7 Å². The van der Waals surface area contributed by atoms with Crippen LogP contribution in [0, 0.1) is 0 Å². The first-order valence-electron chi connectivity index (χ1n) is 8.02. The molecule has 0 saturated carbocycles. The van der Waals surface area contributed by atoms with Gasteiger partial charge in [0.05, 0.1) is 32.5 Å². The molecule has 2 atom stereocenters. The lowest BCUT2D eigenvalue weighted by Crippen LogP contribution is -2.23. The maximum Gasteiger partial charge on any atom is 0.0721 e. The molecule has 24 heavy (non-hydrogen) atoms. The van der Waals surface area contributed by atoms with Gasteiger partial charge < -0.3 is 15.2 Å². The van der Waals surface area contributed by atoms with Crippen LogP contribution in [-0.4, -0.2) is 13.2 Å². The van der Waals surface area contributed by atoms with Crippen molar-refractivity contribution in [3.63, 3.8) is 0 Å². The quantitative estimate of drug-likeness (QED) is 0.604. The molecule has 2 aromatic rings. The number of halogens is 2. The first kappa shape index (κ1) is 18.1. The molecule has 2 aliphatic heterocycles. The summed E-state index contributed by atoms with van der Waals surface area (Å²) in [6.45, 7) is 5.14. The zero-order chi connectivity index (χ0) is 17.1. The third-order valence-corrected chi connectivity index (χ3v) is 5.31. The highest BCUT2D eigenvalue weighted by molar-refractivity contribution is 9.10. The lowest BCUT2D eigenvalue weighted by Gasteiger charge is -2.22. The smallest absolute Gasteiger partial charge is 0.0721 e. The van der Waals surface area contributed by atoms with E-state index in [0.29, 0.717) is 19.1 Å². The van der Waals surface area contributed by atoms with Gasteiger partial charge in [-0.05, 0) is 46.5 Å². The van der Waals surface area contributed by atoms with Crippen molar-refractivity contribution >= 4 is 31.9 Å². The van der Waals surface area contributed by atoms with Gasteiger partial charge in [0, 0.05) is 14.9 Å². The van der Waals surface area contributed by atoms with Crippen LogP contribution in [0.5, 0.6) is 0 Å². The van der Waals surface area contributed by atoms with Crippen LogP contribution < -0.4 is 5.73 Å². The molecule has 0 bridgehead atoms. The van der Waals surface area contributed by atoms with Crippen molar-refractivity contribution in [2.24, 2.45) is 5.73 Å². The summed E-state index contributed by atoms with van der Waals surface area (Å²) in [5, 5.41) is 0. The van der Waals surface area contributed by atoms with E-state index in [1.54, 1.807) is 0 Å². The lowest BCUT2D eigenvalue weighted by atomic mass is 9.95. The van der Waals surface area contributed by atoms with Gasteiger partial charge in [-0.1, -0.05) is 50.9 Å². The molecule has 2 aliphatic rings. The maximum atomic E-state index is 5.86. The molecule has 0 fully saturated rings. The Morgan fingerprint density at radius 2 is 1.42 bits per heavy atom. The number of ether oxygens (including phenoxy) is 2.